The fourth-order valence-electron chi connectivity index (χ4n) is 1.95. The molecule has 0 radical (unpaired) electrons. The summed E-state index contributed by atoms with van der Waals surface area (Å²) in [5, 5.41) is 12.1. The standard InChI is InChI=1S/C12H15N5OS/c1-2-10-15-16-12(19-10)14-11(18)9-5-7(13)6-17(9)8-3-4-8/h5-6,8H,2-4,13H2,1H3,(H,14,16,18). The van der Waals surface area contributed by atoms with Crippen LogP contribution in [0.25, 0.3) is 0 Å². The van der Waals surface area contributed by atoms with Crippen LogP contribution in [0.4, 0.5) is 10.8 Å². The number of nitrogens with zero attached hydrogens (tertiary/aromatic N) is 3. The topological polar surface area (TPSA) is 85.8 Å². The van der Waals surface area contributed by atoms with Gasteiger partial charge in [0.05, 0.1) is 5.69 Å². The molecular formula is C12H15N5OS. The van der Waals surface area contributed by atoms with Crippen LogP contribution in [0, 0.1) is 0 Å². The number of hydrogen-bond donors (Lipinski definition) is 2. The highest BCUT2D eigenvalue weighted by Gasteiger charge is 2.28. The SMILES string of the molecule is CCc1nnc(NC(=O)c2cc(N)cn2C2CC2)s1. The number of anilines is 2. The zero-order valence-corrected chi connectivity index (χ0v) is 11.4. The Morgan fingerprint density at radius 2 is 2.37 bits per heavy atom. The first-order valence-corrected chi connectivity index (χ1v) is 7.10. The van der Waals surface area contributed by atoms with Gasteiger partial charge in [-0.05, 0) is 25.3 Å². The molecule has 0 atom stereocenters. The Balaban J connectivity index is 1.79. The van der Waals surface area contributed by atoms with E-state index in [1.807, 2.05) is 17.7 Å². The van der Waals surface area contributed by atoms with E-state index in [1.54, 1.807) is 6.07 Å². The van der Waals surface area contributed by atoms with E-state index >= 15 is 0 Å². The van der Waals surface area contributed by atoms with E-state index in [9.17, 15) is 4.79 Å². The van der Waals surface area contributed by atoms with Crippen molar-refractivity contribution in [2.24, 2.45) is 0 Å². The quantitative estimate of drug-likeness (QED) is 0.895. The molecule has 7 heteroatoms. The summed E-state index contributed by atoms with van der Waals surface area (Å²) in [7, 11) is 0. The van der Waals surface area contributed by atoms with Crippen LogP contribution in [0.2, 0.25) is 0 Å². The fraction of sp³-hybridized carbons (Fsp3) is 0.417. The number of hydrogen-bond acceptors (Lipinski definition) is 5. The van der Waals surface area contributed by atoms with Crippen LogP contribution in [0.1, 0.15) is 41.3 Å². The van der Waals surface area contributed by atoms with Crippen LogP contribution in [0.5, 0.6) is 0 Å². The third-order valence-corrected chi connectivity index (χ3v) is 4.02. The summed E-state index contributed by atoms with van der Waals surface area (Å²) in [5.41, 5.74) is 6.98. The molecule has 0 bridgehead atoms. The van der Waals surface area contributed by atoms with E-state index in [0.717, 1.165) is 24.3 Å². The van der Waals surface area contributed by atoms with Crippen LogP contribution in [-0.2, 0) is 6.42 Å². The molecule has 0 unspecified atom stereocenters. The van der Waals surface area contributed by atoms with E-state index in [4.69, 9.17) is 5.73 Å². The lowest BCUT2D eigenvalue weighted by Crippen LogP contribution is -2.16. The van der Waals surface area contributed by atoms with Crippen LogP contribution in [-0.4, -0.2) is 20.7 Å². The first-order valence-electron chi connectivity index (χ1n) is 6.28. The molecule has 3 rings (SSSR count). The zero-order valence-electron chi connectivity index (χ0n) is 10.6. The van der Waals surface area contributed by atoms with Gasteiger partial charge < -0.3 is 10.3 Å². The van der Waals surface area contributed by atoms with Crippen molar-refractivity contribution in [3.63, 3.8) is 0 Å². The van der Waals surface area contributed by atoms with E-state index in [1.165, 1.54) is 11.3 Å². The lowest BCUT2D eigenvalue weighted by Gasteiger charge is -2.06. The minimum atomic E-state index is -0.178. The van der Waals surface area contributed by atoms with Crippen LogP contribution >= 0.6 is 11.3 Å². The second kappa shape index (κ2) is 4.65. The Bertz CT molecular complexity index is 613. The summed E-state index contributed by atoms with van der Waals surface area (Å²) in [6.07, 6.45) is 4.85. The normalized spacial score (nSPS) is 14.6. The molecule has 100 valence electrons. The van der Waals surface area contributed by atoms with E-state index in [0.29, 0.717) is 22.6 Å². The Morgan fingerprint density at radius 1 is 1.58 bits per heavy atom. The van der Waals surface area contributed by atoms with Crippen molar-refractivity contribution in [2.45, 2.75) is 32.2 Å². The predicted molar refractivity (Wildman–Crippen MR) is 74.4 cm³/mol. The molecule has 1 aliphatic rings. The molecule has 3 N–H and O–H groups in total. The summed E-state index contributed by atoms with van der Waals surface area (Å²) in [6.45, 7) is 2.01. The van der Waals surface area contributed by atoms with Gasteiger partial charge in [-0.25, -0.2) is 0 Å². The average molecular weight is 277 g/mol. The van der Waals surface area contributed by atoms with Gasteiger partial charge in [0.15, 0.2) is 0 Å². The number of aryl methyl sites for hydroxylation is 1. The molecule has 19 heavy (non-hydrogen) atoms. The van der Waals surface area contributed by atoms with Gasteiger partial charge >= 0.3 is 0 Å². The molecule has 6 nitrogen and oxygen atoms in total. The summed E-state index contributed by atoms with van der Waals surface area (Å²) in [6, 6.07) is 2.12. The average Bonchev–Trinajstić information content (AvgIpc) is 3.01. The molecule has 2 aromatic rings. The number of nitrogens with two attached hydrogens (primary N) is 1. The molecular weight excluding hydrogens is 262 g/mol. The Hall–Kier alpha value is -1.89. The predicted octanol–water partition coefficient (Wildman–Crippen LogP) is 2.07. The van der Waals surface area contributed by atoms with Crippen LogP contribution < -0.4 is 11.1 Å². The number of nitrogen functional groups attached to an aromatic ring is 1. The number of amides is 1. The lowest BCUT2D eigenvalue weighted by molar-refractivity contribution is 0.101. The fourth-order valence-corrected chi connectivity index (χ4v) is 2.62. The van der Waals surface area contributed by atoms with Crippen molar-refractivity contribution in [2.75, 3.05) is 11.1 Å². The highest BCUT2D eigenvalue weighted by atomic mass is 32.1. The first kappa shape index (κ1) is 12.2. The smallest absolute Gasteiger partial charge is 0.274 e. The van der Waals surface area contributed by atoms with Gasteiger partial charge in [0.2, 0.25) is 5.13 Å². The van der Waals surface area contributed by atoms with E-state index in [2.05, 4.69) is 15.5 Å². The molecule has 2 heterocycles. The van der Waals surface area contributed by atoms with Crippen molar-refractivity contribution in [3.8, 4) is 0 Å². The number of carbonyl (C=O) groups excluding carboxylic acids is 1. The van der Waals surface area contributed by atoms with Crippen LogP contribution in [0.3, 0.4) is 0 Å². The molecule has 1 saturated carbocycles. The summed E-state index contributed by atoms with van der Waals surface area (Å²) < 4.78 is 1.95. The number of aromatic nitrogens is 3. The van der Waals surface area contributed by atoms with E-state index < -0.39 is 0 Å². The summed E-state index contributed by atoms with van der Waals surface area (Å²) in [5.74, 6) is -0.178. The van der Waals surface area contributed by atoms with Gasteiger partial charge in [-0.1, -0.05) is 18.3 Å². The molecule has 1 fully saturated rings. The monoisotopic (exact) mass is 277 g/mol. The Morgan fingerprint density at radius 3 is 3.00 bits per heavy atom. The minimum absolute atomic E-state index is 0.178. The first-order chi connectivity index (χ1) is 9.17. The number of nitrogens with one attached hydrogen (secondary N) is 1. The largest absolute Gasteiger partial charge is 0.397 e. The molecule has 0 aromatic carbocycles. The molecule has 1 amide bonds. The Kier molecular flexibility index (Phi) is 2.98. The molecule has 0 spiro atoms. The molecule has 1 aliphatic carbocycles. The maximum atomic E-state index is 12.2. The number of carbonyl (C=O) groups is 1. The van der Waals surface area contributed by atoms with E-state index in [-0.39, 0.29) is 5.91 Å². The summed E-state index contributed by atoms with van der Waals surface area (Å²) in [4.78, 5) is 12.2. The maximum absolute atomic E-state index is 12.2. The van der Waals surface area contributed by atoms with Gasteiger partial charge in [-0.2, -0.15) is 0 Å². The van der Waals surface area contributed by atoms with Gasteiger partial charge in [0, 0.05) is 12.2 Å². The van der Waals surface area contributed by atoms with Gasteiger partial charge in [0.25, 0.3) is 5.91 Å². The van der Waals surface area contributed by atoms with Crippen molar-refractivity contribution < 1.29 is 4.79 Å². The van der Waals surface area contributed by atoms with Crippen molar-refractivity contribution in [3.05, 3.63) is 23.0 Å². The number of rotatable bonds is 4. The zero-order chi connectivity index (χ0) is 13.4. The third-order valence-electron chi connectivity index (χ3n) is 3.03. The van der Waals surface area contributed by atoms with Crippen molar-refractivity contribution in [1.82, 2.24) is 14.8 Å². The third kappa shape index (κ3) is 2.46. The summed E-state index contributed by atoms with van der Waals surface area (Å²) >= 11 is 1.40. The minimum Gasteiger partial charge on any atom is -0.397 e. The highest BCUT2D eigenvalue weighted by molar-refractivity contribution is 7.15. The molecule has 2 aromatic heterocycles. The van der Waals surface area contributed by atoms with Crippen LogP contribution in [0.15, 0.2) is 12.3 Å². The Labute approximate surface area is 114 Å². The highest BCUT2D eigenvalue weighted by Crippen LogP contribution is 2.37. The molecule has 0 aliphatic heterocycles. The second-order valence-corrected chi connectivity index (χ2v) is 5.67. The van der Waals surface area contributed by atoms with Crippen molar-refractivity contribution >= 4 is 28.1 Å². The van der Waals surface area contributed by atoms with Crippen molar-refractivity contribution in [1.29, 1.82) is 0 Å². The molecule has 0 saturated heterocycles. The van der Waals surface area contributed by atoms with Gasteiger partial charge in [0.1, 0.15) is 10.7 Å². The van der Waals surface area contributed by atoms with Gasteiger partial charge in [-0.15, -0.1) is 10.2 Å². The maximum Gasteiger partial charge on any atom is 0.274 e. The van der Waals surface area contributed by atoms with Gasteiger partial charge in [-0.3, -0.25) is 10.1 Å². The second-order valence-electron chi connectivity index (χ2n) is 4.61. The lowest BCUT2D eigenvalue weighted by atomic mass is 10.4.